The van der Waals surface area contributed by atoms with Gasteiger partial charge in [0.15, 0.2) is 8.32 Å². The molecule has 84 valence electrons. The summed E-state index contributed by atoms with van der Waals surface area (Å²) in [4.78, 5) is 0. The van der Waals surface area contributed by atoms with Gasteiger partial charge in [0.05, 0.1) is 12.7 Å². The van der Waals surface area contributed by atoms with Gasteiger partial charge in [0.2, 0.25) is 0 Å². The lowest BCUT2D eigenvalue weighted by Gasteiger charge is -2.35. The predicted octanol–water partition coefficient (Wildman–Crippen LogP) is 2.95. The molecule has 0 aliphatic rings. The standard InChI is InChI=1S/C11H24O2Si/c1-10(12)8-7-9-13-14(5,6)11(2,3)4/h7-8,10,12H,9H2,1-6H3/b8-7+/t10-/m0/s1. The lowest BCUT2D eigenvalue weighted by atomic mass is 10.2. The van der Waals surface area contributed by atoms with Gasteiger partial charge in [-0.2, -0.15) is 0 Å². The Kier molecular flexibility index (Phi) is 5.05. The molecule has 0 saturated heterocycles. The van der Waals surface area contributed by atoms with Gasteiger partial charge >= 0.3 is 0 Å². The van der Waals surface area contributed by atoms with E-state index in [1.807, 2.05) is 6.08 Å². The van der Waals surface area contributed by atoms with E-state index in [-0.39, 0.29) is 11.1 Å². The summed E-state index contributed by atoms with van der Waals surface area (Å²) < 4.78 is 5.89. The topological polar surface area (TPSA) is 29.5 Å². The van der Waals surface area contributed by atoms with Gasteiger partial charge < -0.3 is 9.53 Å². The maximum atomic E-state index is 9.01. The van der Waals surface area contributed by atoms with Crippen molar-refractivity contribution in [2.75, 3.05) is 6.61 Å². The Morgan fingerprint density at radius 2 is 1.86 bits per heavy atom. The van der Waals surface area contributed by atoms with Gasteiger partial charge in [-0.3, -0.25) is 0 Å². The fraction of sp³-hybridized carbons (Fsp3) is 0.818. The molecular weight excluding hydrogens is 192 g/mol. The second kappa shape index (κ2) is 5.10. The Morgan fingerprint density at radius 1 is 1.36 bits per heavy atom. The van der Waals surface area contributed by atoms with E-state index in [1.165, 1.54) is 0 Å². The van der Waals surface area contributed by atoms with Crippen LogP contribution in [-0.4, -0.2) is 26.1 Å². The van der Waals surface area contributed by atoms with Crippen molar-refractivity contribution >= 4 is 8.32 Å². The van der Waals surface area contributed by atoms with Gasteiger partial charge in [-0.25, -0.2) is 0 Å². The quantitative estimate of drug-likeness (QED) is 0.578. The molecule has 0 aromatic heterocycles. The summed E-state index contributed by atoms with van der Waals surface area (Å²) in [5.41, 5.74) is 0. The fourth-order valence-corrected chi connectivity index (χ4v) is 1.67. The minimum Gasteiger partial charge on any atom is -0.413 e. The van der Waals surface area contributed by atoms with E-state index in [2.05, 4.69) is 33.9 Å². The molecule has 0 amide bonds. The van der Waals surface area contributed by atoms with Crippen LogP contribution in [0.2, 0.25) is 18.1 Å². The molecule has 0 rings (SSSR count). The molecule has 0 heterocycles. The number of aliphatic hydroxyl groups excluding tert-OH is 1. The van der Waals surface area contributed by atoms with Gasteiger partial charge in [-0.15, -0.1) is 0 Å². The number of hydrogen-bond donors (Lipinski definition) is 1. The highest BCUT2D eigenvalue weighted by Crippen LogP contribution is 2.36. The summed E-state index contributed by atoms with van der Waals surface area (Å²) >= 11 is 0. The minimum atomic E-state index is -1.61. The molecule has 0 aromatic carbocycles. The molecule has 0 fully saturated rings. The van der Waals surface area contributed by atoms with Crippen LogP contribution in [0.3, 0.4) is 0 Å². The first-order chi connectivity index (χ1) is 6.17. The van der Waals surface area contributed by atoms with Crippen molar-refractivity contribution in [3.63, 3.8) is 0 Å². The lowest BCUT2D eigenvalue weighted by Crippen LogP contribution is -2.40. The van der Waals surface area contributed by atoms with Gasteiger partial charge in [0, 0.05) is 0 Å². The Labute approximate surface area is 89.1 Å². The molecule has 14 heavy (non-hydrogen) atoms. The zero-order valence-electron chi connectivity index (χ0n) is 10.3. The molecule has 1 atom stereocenters. The van der Waals surface area contributed by atoms with Crippen LogP contribution < -0.4 is 0 Å². The fourth-order valence-electron chi connectivity index (χ4n) is 0.725. The first-order valence-electron chi connectivity index (χ1n) is 5.15. The molecule has 0 aromatic rings. The summed E-state index contributed by atoms with van der Waals surface area (Å²) in [5, 5.41) is 9.27. The van der Waals surface area contributed by atoms with Crippen LogP contribution in [0.4, 0.5) is 0 Å². The summed E-state index contributed by atoms with van der Waals surface area (Å²) in [5.74, 6) is 0. The van der Waals surface area contributed by atoms with E-state index in [1.54, 1.807) is 13.0 Å². The van der Waals surface area contributed by atoms with Gasteiger partial charge in [-0.1, -0.05) is 32.9 Å². The molecule has 0 aliphatic heterocycles. The summed E-state index contributed by atoms with van der Waals surface area (Å²) in [6, 6.07) is 0. The summed E-state index contributed by atoms with van der Waals surface area (Å²) in [7, 11) is -1.61. The molecule has 1 N–H and O–H groups in total. The van der Waals surface area contributed by atoms with E-state index in [4.69, 9.17) is 9.53 Å². The number of rotatable bonds is 4. The summed E-state index contributed by atoms with van der Waals surface area (Å²) in [6.07, 6.45) is 3.27. The Bertz CT molecular complexity index is 190. The highest BCUT2D eigenvalue weighted by molar-refractivity contribution is 6.74. The van der Waals surface area contributed by atoms with Crippen molar-refractivity contribution in [1.82, 2.24) is 0 Å². The SMILES string of the molecule is C[C@H](O)/C=C/CO[Si](C)(C)C(C)(C)C. The van der Waals surface area contributed by atoms with Crippen molar-refractivity contribution < 1.29 is 9.53 Å². The molecule has 0 bridgehead atoms. The predicted molar refractivity (Wildman–Crippen MR) is 64.0 cm³/mol. The normalized spacial score (nSPS) is 16.2. The van der Waals surface area contributed by atoms with E-state index >= 15 is 0 Å². The largest absolute Gasteiger partial charge is 0.413 e. The molecular formula is C11H24O2Si. The van der Waals surface area contributed by atoms with E-state index in [0.717, 1.165) is 0 Å². The second-order valence-corrected chi connectivity index (χ2v) is 10.0. The van der Waals surface area contributed by atoms with Crippen molar-refractivity contribution in [2.45, 2.75) is 51.9 Å². The average molecular weight is 216 g/mol. The average Bonchev–Trinajstić information content (AvgIpc) is 1.95. The maximum absolute atomic E-state index is 9.01. The smallest absolute Gasteiger partial charge is 0.192 e. The number of aliphatic hydroxyl groups is 1. The third-order valence-corrected chi connectivity index (χ3v) is 7.26. The monoisotopic (exact) mass is 216 g/mol. The van der Waals surface area contributed by atoms with Gasteiger partial charge in [0.1, 0.15) is 0 Å². The van der Waals surface area contributed by atoms with Crippen LogP contribution in [0.5, 0.6) is 0 Å². The highest BCUT2D eigenvalue weighted by atomic mass is 28.4. The van der Waals surface area contributed by atoms with Crippen molar-refractivity contribution in [3.8, 4) is 0 Å². The van der Waals surface area contributed by atoms with Crippen molar-refractivity contribution in [1.29, 1.82) is 0 Å². The van der Waals surface area contributed by atoms with E-state index in [0.29, 0.717) is 6.61 Å². The Morgan fingerprint density at radius 3 is 2.21 bits per heavy atom. The molecule has 0 spiro atoms. The van der Waals surface area contributed by atoms with Crippen molar-refractivity contribution in [2.24, 2.45) is 0 Å². The van der Waals surface area contributed by atoms with Gasteiger partial charge in [0.25, 0.3) is 0 Å². The minimum absolute atomic E-state index is 0.256. The first-order valence-corrected chi connectivity index (χ1v) is 8.06. The molecule has 0 unspecified atom stereocenters. The van der Waals surface area contributed by atoms with E-state index < -0.39 is 8.32 Å². The molecule has 3 heteroatoms. The first kappa shape index (κ1) is 13.9. The zero-order valence-corrected chi connectivity index (χ0v) is 11.3. The van der Waals surface area contributed by atoms with Crippen LogP contribution in [0, 0.1) is 0 Å². The molecule has 0 saturated carbocycles. The Hall–Kier alpha value is -0.123. The van der Waals surface area contributed by atoms with Crippen LogP contribution in [0.25, 0.3) is 0 Å². The van der Waals surface area contributed by atoms with Crippen LogP contribution in [-0.2, 0) is 4.43 Å². The third-order valence-electron chi connectivity index (χ3n) is 2.76. The van der Waals surface area contributed by atoms with E-state index in [9.17, 15) is 0 Å². The lowest BCUT2D eigenvalue weighted by molar-refractivity contribution is 0.242. The van der Waals surface area contributed by atoms with Crippen LogP contribution >= 0.6 is 0 Å². The Balaban J connectivity index is 4.01. The second-order valence-electron chi connectivity index (χ2n) is 5.24. The van der Waals surface area contributed by atoms with Crippen LogP contribution in [0.1, 0.15) is 27.7 Å². The molecule has 0 aliphatic carbocycles. The van der Waals surface area contributed by atoms with Crippen molar-refractivity contribution in [3.05, 3.63) is 12.2 Å². The summed E-state index contributed by atoms with van der Waals surface area (Å²) in [6.45, 7) is 13.5. The van der Waals surface area contributed by atoms with Crippen LogP contribution in [0.15, 0.2) is 12.2 Å². The zero-order chi connectivity index (χ0) is 11.4. The molecule has 2 nitrogen and oxygen atoms in total. The number of hydrogen-bond acceptors (Lipinski definition) is 2. The maximum Gasteiger partial charge on any atom is 0.192 e. The third kappa shape index (κ3) is 4.93. The van der Waals surface area contributed by atoms with Gasteiger partial charge in [-0.05, 0) is 25.1 Å². The molecule has 0 radical (unpaired) electrons. The highest BCUT2D eigenvalue weighted by Gasteiger charge is 2.36.